The Morgan fingerprint density at radius 1 is 1.00 bits per heavy atom. The first-order chi connectivity index (χ1) is 12.8. The highest BCUT2D eigenvalue weighted by molar-refractivity contribution is 6.34. The highest BCUT2D eigenvalue weighted by Crippen LogP contribution is 2.45. The maximum Gasteiger partial charge on any atom is 0.396 e. The monoisotopic (exact) mass is 413 g/mol. The van der Waals surface area contributed by atoms with E-state index in [4.69, 9.17) is 23.2 Å². The quantitative estimate of drug-likeness (QED) is 0.539. The summed E-state index contributed by atoms with van der Waals surface area (Å²) < 4.78 is 42.9. The molecule has 27 heavy (non-hydrogen) atoms. The van der Waals surface area contributed by atoms with Crippen molar-refractivity contribution in [2.75, 3.05) is 0 Å². The first-order valence-electron chi connectivity index (χ1n) is 7.72. The molecule has 2 aromatic carbocycles. The molecule has 0 saturated carbocycles. The Bertz CT molecular complexity index is 908. The van der Waals surface area contributed by atoms with E-state index in [1.165, 1.54) is 47.7 Å². The number of hydrogen-bond donors (Lipinski definition) is 0. The fraction of sp³-hybridized carbons (Fsp3) is 0.167. The van der Waals surface area contributed by atoms with Crippen LogP contribution in [0, 0.1) is 0 Å². The van der Waals surface area contributed by atoms with Crippen molar-refractivity contribution in [3.05, 3.63) is 76.3 Å². The van der Waals surface area contributed by atoms with Crippen molar-refractivity contribution in [3.8, 4) is 5.69 Å². The molecule has 140 valence electrons. The Kier molecular flexibility index (Phi) is 5.53. The van der Waals surface area contributed by atoms with Crippen molar-refractivity contribution in [3.63, 3.8) is 0 Å². The van der Waals surface area contributed by atoms with Crippen molar-refractivity contribution in [1.82, 2.24) is 14.8 Å². The van der Waals surface area contributed by atoms with E-state index in [0.29, 0.717) is 5.69 Å². The predicted molar refractivity (Wildman–Crippen MR) is 95.4 cm³/mol. The fourth-order valence-corrected chi connectivity index (χ4v) is 3.44. The van der Waals surface area contributed by atoms with Gasteiger partial charge in [0, 0.05) is 10.0 Å². The second-order valence-corrected chi connectivity index (χ2v) is 6.69. The van der Waals surface area contributed by atoms with Gasteiger partial charge in [-0.05, 0) is 41.5 Å². The fourth-order valence-electron chi connectivity index (χ4n) is 2.90. The molecular formula is C18H12Cl2F3N3O. The highest BCUT2D eigenvalue weighted by Gasteiger charge is 2.46. The molecule has 3 aromatic rings. The summed E-state index contributed by atoms with van der Waals surface area (Å²) in [7, 11) is 0. The second kappa shape index (κ2) is 7.70. The van der Waals surface area contributed by atoms with Gasteiger partial charge in [-0.25, -0.2) is 9.67 Å². The molecule has 4 nitrogen and oxygen atoms in total. The lowest BCUT2D eigenvalue weighted by molar-refractivity contribution is -0.158. The van der Waals surface area contributed by atoms with Crippen LogP contribution in [0.1, 0.15) is 23.0 Å². The highest BCUT2D eigenvalue weighted by atomic mass is 35.5. The summed E-state index contributed by atoms with van der Waals surface area (Å²) in [5, 5.41) is 4.08. The lowest BCUT2D eigenvalue weighted by Gasteiger charge is -2.26. The van der Waals surface area contributed by atoms with Gasteiger partial charge in [0.25, 0.3) is 0 Å². The molecule has 0 bridgehead atoms. The van der Waals surface area contributed by atoms with Gasteiger partial charge in [0.15, 0.2) is 0 Å². The molecule has 1 aromatic heterocycles. The van der Waals surface area contributed by atoms with Crippen molar-refractivity contribution in [2.45, 2.75) is 18.0 Å². The topological polar surface area (TPSA) is 47.8 Å². The number of aldehydes is 1. The normalized spacial score (nSPS) is 14.0. The van der Waals surface area contributed by atoms with Gasteiger partial charge in [-0.3, -0.25) is 0 Å². The van der Waals surface area contributed by atoms with Gasteiger partial charge in [-0.1, -0.05) is 35.3 Å². The third-order valence-corrected chi connectivity index (χ3v) is 4.50. The lowest BCUT2D eigenvalue weighted by Crippen LogP contribution is -2.28. The molecule has 0 aliphatic heterocycles. The number of nitrogens with zero attached hydrogens (tertiary/aromatic N) is 3. The zero-order chi connectivity index (χ0) is 19.6. The molecule has 2 atom stereocenters. The summed E-state index contributed by atoms with van der Waals surface area (Å²) in [5.41, 5.74) is 0.653. The molecule has 0 radical (unpaired) electrons. The average Bonchev–Trinajstić information content (AvgIpc) is 3.12. The molecule has 2 unspecified atom stereocenters. The third-order valence-electron chi connectivity index (χ3n) is 4.06. The zero-order valence-corrected chi connectivity index (χ0v) is 15.1. The number of benzene rings is 2. The Hall–Kier alpha value is -2.38. The standard InChI is InChI=1S/C18H12Cl2F3N3O/c19-13-5-12(6-14(20)7-13)17(18(21,22)23)16(8-27)11-1-3-15(4-2-11)26-10-24-9-25-26/h1-10,16-17H. The Morgan fingerprint density at radius 2 is 1.63 bits per heavy atom. The number of rotatable bonds is 5. The second-order valence-electron chi connectivity index (χ2n) is 5.82. The molecule has 0 amide bonds. The number of carbonyl (C=O) groups excluding carboxylic acids is 1. The van der Waals surface area contributed by atoms with Gasteiger partial charge >= 0.3 is 6.18 Å². The summed E-state index contributed by atoms with van der Waals surface area (Å²) in [6.45, 7) is 0. The molecule has 9 heteroatoms. The Labute approximate surface area is 162 Å². The van der Waals surface area contributed by atoms with Crippen LogP contribution in [-0.4, -0.2) is 27.2 Å². The summed E-state index contributed by atoms with van der Waals surface area (Å²) in [6, 6.07) is 9.74. The number of halogens is 5. The van der Waals surface area contributed by atoms with Crippen LogP contribution in [0.4, 0.5) is 13.2 Å². The molecule has 0 aliphatic carbocycles. The first-order valence-corrected chi connectivity index (χ1v) is 8.48. The van der Waals surface area contributed by atoms with Crippen LogP contribution in [0.2, 0.25) is 10.0 Å². The van der Waals surface area contributed by atoms with Gasteiger partial charge in [0.1, 0.15) is 18.9 Å². The number of aromatic nitrogens is 3. The molecule has 0 aliphatic rings. The SMILES string of the molecule is O=CC(c1ccc(-n2cncn2)cc1)C(c1cc(Cl)cc(Cl)c1)C(F)(F)F. The van der Waals surface area contributed by atoms with E-state index in [0.717, 1.165) is 0 Å². The van der Waals surface area contributed by atoms with Crippen molar-refractivity contribution < 1.29 is 18.0 Å². The lowest BCUT2D eigenvalue weighted by atomic mass is 9.81. The summed E-state index contributed by atoms with van der Waals surface area (Å²) in [6.07, 6.45) is -1.59. The van der Waals surface area contributed by atoms with Crippen molar-refractivity contribution in [2.24, 2.45) is 0 Å². The average molecular weight is 414 g/mol. The Morgan fingerprint density at radius 3 is 2.11 bits per heavy atom. The Balaban J connectivity index is 2.03. The van der Waals surface area contributed by atoms with E-state index in [1.807, 2.05) is 0 Å². The maximum atomic E-state index is 13.8. The summed E-state index contributed by atoms with van der Waals surface area (Å²) in [4.78, 5) is 15.5. The minimum absolute atomic E-state index is 0.0675. The van der Waals surface area contributed by atoms with Crippen LogP contribution in [0.25, 0.3) is 5.69 Å². The molecule has 0 N–H and O–H groups in total. The number of alkyl halides is 3. The largest absolute Gasteiger partial charge is 0.396 e. The molecule has 0 spiro atoms. The van der Waals surface area contributed by atoms with Gasteiger partial charge in [0.2, 0.25) is 0 Å². The molecule has 1 heterocycles. The zero-order valence-electron chi connectivity index (χ0n) is 13.6. The number of carbonyl (C=O) groups is 1. The minimum Gasteiger partial charge on any atom is -0.303 e. The van der Waals surface area contributed by atoms with Gasteiger partial charge < -0.3 is 4.79 Å². The van der Waals surface area contributed by atoms with Crippen LogP contribution in [0.15, 0.2) is 55.1 Å². The molecule has 3 rings (SSSR count). The molecular weight excluding hydrogens is 402 g/mol. The van der Waals surface area contributed by atoms with Crippen LogP contribution >= 0.6 is 23.2 Å². The van der Waals surface area contributed by atoms with Crippen LogP contribution < -0.4 is 0 Å². The molecule has 0 saturated heterocycles. The van der Waals surface area contributed by atoms with E-state index < -0.39 is 18.0 Å². The van der Waals surface area contributed by atoms with Crippen LogP contribution in [0.5, 0.6) is 0 Å². The van der Waals surface area contributed by atoms with E-state index >= 15 is 0 Å². The van der Waals surface area contributed by atoms with Gasteiger partial charge in [-0.2, -0.15) is 18.3 Å². The first kappa shape index (κ1) is 19.4. The number of hydrogen-bond acceptors (Lipinski definition) is 3. The molecule has 0 fully saturated rings. The van der Waals surface area contributed by atoms with Gasteiger partial charge in [0.05, 0.1) is 17.5 Å². The smallest absolute Gasteiger partial charge is 0.303 e. The summed E-state index contributed by atoms with van der Waals surface area (Å²) >= 11 is 11.7. The van der Waals surface area contributed by atoms with E-state index in [9.17, 15) is 18.0 Å². The summed E-state index contributed by atoms with van der Waals surface area (Å²) in [5.74, 6) is -3.53. The van der Waals surface area contributed by atoms with E-state index in [2.05, 4.69) is 10.1 Å². The van der Waals surface area contributed by atoms with Crippen molar-refractivity contribution in [1.29, 1.82) is 0 Å². The predicted octanol–water partition coefficient (Wildman–Crippen LogP) is 5.20. The van der Waals surface area contributed by atoms with Crippen LogP contribution in [0.3, 0.4) is 0 Å². The maximum absolute atomic E-state index is 13.8. The third kappa shape index (κ3) is 4.31. The van der Waals surface area contributed by atoms with E-state index in [-0.39, 0.29) is 27.5 Å². The van der Waals surface area contributed by atoms with Crippen LogP contribution in [-0.2, 0) is 4.79 Å². The minimum atomic E-state index is -4.68. The van der Waals surface area contributed by atoms with E-state index in [1.54, 1.807) is 12.1 Å². The van der Waals surface area contributed by atoms with Crippen molar-refractivity contribution >= 4 is 29.5 Å². The van der Waals surface area contributed by atoms with Gasteiger partial charge in [-0.15, -0.1) is 0 Å².